The van der Waals surface area contributed by atoms with E-state index in [4.69, 9.17) is 14.2 Å². The summed E-state index contributed by atoms with van der Waals surface area (Å²) in [5.41, 5.74) is 1.58. The molecule has 3 aliphatic heterocycles. The number of rotatable bonds is 8. The van der Waals surface area contributed by atoms with E-state index in [1.807, 2.05) is 18.2 Å². The van der Waals surface area contributed by atoms with E-state index in [-0.39, 0.29) is 12.2 Å². The summed E-state index contributed by atoms with van der Waals surface area (Å²) in [5, 5.41) is 3.11. The van der Waals surface area contributed by atoms with Crippen molar-refractivity contribution in [3.63, 3.8) is 0 Å². The molecule has 0 bridgehead atoms. The third-order valence-corrected chi connectivity index (χ3v) is 6.50. The van der Waals surface area contributed by atoms with Crippen LogP contribution in [0.2, 0.25) is 0 Å². The molecule has 1 aromatic rings. The first-order chi connectivity index (χ1) is 13.8. The smallest absolute Gasteiger partial charge is 0.235 e. The summed E-state index contributed by atoms with van der Waals surface area (Å²) < 4.78 is 17.6. The van der Waals surface area contributed by atoms with E-state index in [1.54, 1.807) is 0 Å². The lowest BCUT2D eigenvalue weighted by molar-refractivity contribution is -0.165. The summed E-state index contributed by atoms with van der Waals surface area (Å²) in [5.74, 6) is 0.117. The lowest BCUT2D eigenvalue weighted by Crippen LogP contribution is -2.37. The number of anilines is 1. The minimum Gasteiger partial charge on any atom is -0.378 e. The molecule has 1 amide bonds. The van der Waals surface area contributed by atoms with Crippen LogP contribution in [0, 0.1) is 0 Å². The van der Waals surface area contributed by atoms with Crippen LogP contribution in [-0.4, -0.2) is 38.1 Å². The van der Waals surface area contributed by atoms with E-state index in [2.05, 4.69) is 11.4 Å². The summed E-state index contributed by atoms with van der Waals surface area (Å²) in [6, 6.07) is 8.12. The van der Waals surface area contributed by atoms with Crippen molar-refractivity contribution in [2.45, 2.75) is 82.0 Å². The number of carbonyl (C=O) groups is 1. The Morgan fingerprint density at radius 3 is 2.64 bits per heavy atom. The molecule has 5 heteroatoms. The Morgan fingerprint density at radius 1 is 1.04 bits per heavy atom. The van der Waals surface area contributed by atoms with E-state index in [0.717, 1.165) is 69.4 Å². The highest BCUT2D eigenvalue weighted by Gasteiger charge is 2.46. The molecule has 0 spiro atoms. The number of carbonyl (C=O) groups excluding carboxylic acids is 1. The van der Waals surface area contributed by atoms with E-state index in [1.165, 1.54) is 12.8 Å². The van der Waals surface area contributed by atoms with E-state index in [9.17, 15) is 4.79 Å². The highest BCUT2D eigenvalue weighted by Crippen LogP contribution is 2.44. The summed E-state index contributed by atoms with van der Waals surface area (Å²) in [7, 11) is 0. The number of benzene rings is 1. The van der Waals surface area contributed by atoms with E-state index < -0.39 is 5.41 Å². The molecule has 1 N–H and O–H groups in total. The summed E-state index contributed by atoms with van der Waals surface area (Å²) in [6.45, 7) is 2.21. The fourth-order valence-electron chi connectivity index (χ4n) is 4.87. The predicted molar refractivity (Wildman–Crippen MR) is 108 cm³/mol. The van der Waals surface area contributed by atoms with Crippen LogP contribution in [-0.2, 0) is 24.4 Å². The molecule has 2 saturated heterocycles. The molecule has 154 valence electrons. The molecule has 0 aliphatic carbocycles. The third kappa shape index (κ3) is 4.42. The molecule has 0 radical (unpaired) electrons. The van der Waals surface area contributed by atoms with Gasteiger partial charge in [0.1, 0.15) is 0 Å². The fraction of sp³-hybridized carbons (Fsp3) is 0.696. The monoisotopic (exact) mass is 387 g/mol. The molecule has 3 unspecified atom stereocenters. The van der Waals surface area contributed by atoms with Gasteiger partial charge in [-0.2, -0.15) is 0 Å². The Bertz CT molecular complexity index is 626. The number of ether oxygens (including phenoxy) is 3. The molecule has 4 rings (SSSR count). The zero-order valence-corrected chi connectivity index (χ0v) is 16.8. The predicted octanol–water partition coefficient (Wildman–Crippen LogP) is 4.55. The molecule has 28 heavy (non-hydrogen) atoms. The second kappa shape index (κ2) is 9.38. The molecule has 1 aromatic carbocycles. The van der Waals surface area contributed by atoms with Crippen molar-refractivity contribution in [3.05, 3.63) is 29.8 Å². The van der Waals surface area contributed by atoms with Crippen LogP contribution >= 0.6 is 0 Å². The van der Waals surface area contributed by atoms with Gasteiger partial charge in [-0.1, -0.05) is 18.2 Å². The zero-order valence-electron chi connectivity index (χ0n) is 16.8. The van der Waals surface area contributed by atoms with Gasteiger partial charge in [0, 0.05) is 18.9 Å². The standard InChI is InChI=1S/C23H33NO4/c25-22-23(19-10-1-2-11-20(19)24-22,13-7-9-18-8-3-5-15-26-18)14-17-28-21-12-4-6-16-27-21/h1-2,10-11,18,21H,3-9,12-17H2,(H,24,25). The van der Waals surface area contributed by atoms with Crippen molar-refractivity contribution < 1.29 is 19.0 Å². The largest absolute Gasteiger partial charge is 0.378 e. The Morgan fingerprint density at radius 2 is 1.86 bits per heavy atom. The maximum absolute atomic E-state index is 13.1. The average molecular weight is 388 g/mol. The lowest BCUT2D eigenvalue weighted by atomic mass is 9.74. The van der Waals surface area contributed by atoms with E-state index in [0.29, 0.717) is 19.1 Å². The van der Waals surface area contributed by atoms with Gasteiger partial charge in [0.05, 0.1) is 18.1 Å². The van der Waals surface area contributed by atoms with Gasteiger partial charge >= 0.3 is 0 Å². The quantitative estimate of drug-likeness (QED) is 0.711. The Balaban J connectivity index is 1.41. The maximum atomic E-state index is 13.1. The first-order valence-corrected chi connectivity index (χ1v) is 11.0. The maximum Gasteiger partial charge on any atom is 0.235 e. The van der Waals surface area contributed by atoms with Gasteiger partial charge < -0.3 is 19.5 Å². The van der Waals surface area contributed by atoms with Crippen molar-refractivity contribution in [1.29, 1.82) is 0 Å². The zero-order chi connectivity index (χ0) is 19.2. The molecule has 3 heterocycles. The van der Waals surface area contributed by atoms with Crippen LogP contribution in [0.25, 0.3) is 0 Å². The molecular weight excluding hydrogens is 354 g/mol. The third-order valence-electron chi connectivity index (χ3n) is 6.50. The SMILES string of the molecule is O=C1Nc2ccccc2C1(CCCC1CCCCO1)CCOC1CCCCO1. The van der Waals surface area contributed by atoms with Crippen LogP contribution in [0.15, 0.2) is 24.3 Å². The van der Waals surface area contributed by atoms with Crippen molar-refractivity contribution in [2.24, 2.45) is 0 Å². The average Bonchev–Trinajstić information content (AvgIpc) is 3.01. The Labute approximate surface area is 168 Å². The Hall–Kier alpha value is -1.43. The molecule has 0 saturated carbocycles. The highest BCUT2D eigenvalue weighted by molar-refractivity contribution is 6.06. The minimum atomic E-state index is -0.500. The number of para-hydroxylation sites is 1. The van der Waals surface area contributed by atoms with Crippen LogP contribution in [0.1, 0.15) is 69.8 Å². The van der Waals surface area contributed by atoms with Gasteiger partial charge in [0.25, 0.3) is 0 Å². The summed E-state index contributed by atoms with van der Waals surface area (Å²) >= 11 is 0. The van der Waals surface area contributed by atoms with Gasteiger partial charge in [-0.25, -0.2) is 0 Å². The minimum absolute atomic E-state index is 0.110. The van der Waals surface area contributed by atoms with Crippen LogP contribution in [0.4, 0.5) is 5.69 Å². The molecule has 3 atom stereocenters. The topological polar surface area (TPSA) is 56.8 Å². The normalized spacial score (nSPS) is 30.1. The van der Waals surface area contributed by atoms with Crippen LogP contribution in [0.5, 0.6) is 0 Å². The number of amides is 1. The fourth-order valence-corrected chi connectivity index (χ4v) is 4.87. The number of fused-ring (bicyclic) bond motifs is 1. The van der Waals surface area contributed by atoms with Gasteiger partial charge in [-0.3, -0.25) is 4.79 Å². The van der Waals surface area contributed by atoms with Gasteiger partial charge in [-0.15, -0.1) is 0 Å². The van der Waals surface area contributed by atoms with Crippen molar-refractivity contribution in [2.75, 3.05) is 25.1 Å². The first kappa shape index (κ1) is 19.9. The van der Waals surface area contributed by atoms with Gasteiger partial charge in [-0.05, 0) is 75.8 Å². The van der Waals surface area contributed by atoms with Crippen molar-refractivity contribution in [3.8, 4) is 0 Å². The summed E-state index contributed by atoms with van der Waals surface area (Å²) in [6.07, 6.45) is 10.6. The Kier molecular flexibility index (Phi) is 6.65. The van der Waals surface area contributed by atoms with Gasteiger partial charge in [0.2, 0.25) is 5.91 Å². The van der Waals surface area contributed by atoms with Gasteiger partial charge in [0.15, 0.2) is 6.29 Å². The van der Waals surface area contributed by atoms with Crippen LogP contribution in [0.3, 0.4) is 0 Å². The number of hydrogen-bond acceptors (Lipinski definition) is 4. The second-order valence-electron chi connectivity index (χ2n) is 8.38. The van der Waals surface area contributed by atoms with E-state index >= 15 is 0 Å². The molecule has 5 nitrogen and oxygen atoms in total. The molecule has 3 aliphatic rings. The molecule has 2 fully saturated rings. The number of nitrogens with one attached hydrogen (secondary N) is 1. The molecular formula is C23H33NO4. The lowest BCUT2D eigenvalue weighted by Gasteiger charge is -2.30. The summed E-state index contributed by atoms with van der Waals surface area (Å²) in [4.78, 5) is 13.1. The molecule has 0 aromatic heterocycles. The first-order valence-electron chi connectivity index (χ1n) is 11.0. The highest BCUT2D eigenvalue weighted by atomic mass is 16.7. The van der Waals surface area contributed by atoms with Crippen LogP contribution < -0.4 is 5.32 Å². The van der Waals surface area contributed by atoms with Crippen molar-refractivity contribution >= 4 is 11.6 Å². The van der Waals surface area contributed by atoms with Crippen molar-refractivity contribution in [1.82, 2.24) is 0 Å². The second-order valence-corrected chi connectivity index (χ2v) is 8.38. The number of hydrogen-bond donors (Lipinski definition) is 1.